The highest BCUT2D eigenvalue weighted by atomic mass is 35.5. The van der Waals surface area contributed by atoms with E-state index in [0.717, 1.165) is 11.3 Å². The third-order valence-corrected chi connectivity index (χ3v) is 3.59. The summed E-state index contributed by atoms with van der Waals surface area (Å²) in [5, 5.41) is 14.3. The van der Waals surface area contributed by atoms with E-state index in [1.54, 1.807) is 24.3 Å². The predicted octanol–water partition coefficient (Wildman–Crippen LogP) is 5.35. The average molecular weight is 339 g/mol. The molecule has 2 rings (SSSR count). The van der Waals surface area contributed by atoms with Crippen molar-refractivity contribution in [2.75, 3.05) is 5.43 Å². The molecule has 0 aliphatic rings. The Morgan fingerprint density at radius 2 is 1.67 bits per heavy atom. The topological polar surface area (TPSA) is 48.2 Å². The molecule has 21 heavy (non-hydrogen) atoms. The summed E-state index contributed by atoms with van der Waals surface area (Å²) >= 11 is 18.0. The van der Waals surface area contributed by atoms with E-state index in [9.17, 15) is 0 Å². The maximum atomic E-state index is 8.77. The minimum absolute atomic E-state index is 0.392. The quantitative estimate of drug-likeness (QED) is 0.605. The second kappa shape index (κ2) is 6.82. The number of hydrogen-bond donors (Lipinski definition) is 1. The van der Waals surface area contributed by atoms with Gasteiger partial charge in [-0.1, -0.05) is 46.9 Å². The molecule has 0 radical (unpaired) electrons. The molecule has 6 heteroatoms. The molecular formula is C15H10Cl3N3. The van der Waals surface area contributed by atoms with Crippen molar-refractivity contribution in [2.45, 2.75) is 6.92 Å². The van der Waals surface area contributed by atoms with E-state index >= 15 is 0 Å². The van der Waals surface area contributed by atoms with Crippen LogP contribution in [0.25, 0.3) is 0 Å². The second-order valence-electron chi connectivity index (χ2n) is 4.24. The summed E-state index contributed by atoms with van der Waals surface area (Å²) in [7, 11) is 0. The van der Waals surface area contributed by atoms with E-state index in [-0.39, 0.29) is 0 Å². The van der Waals surface area contributed by atoms with Crippen LogP contribution in [0.2, 0.25) is 15.1 Å². The number of benzene rings is 2. The van der Waals surface area contributed by atoms with Gasteiger partial charge in [0.15, 0.2) is 0 Å². The molecule has 0 aliphatic heterocycles. The first-order valence-electron chi connectivity index (χ1n) is 5.96. The SMILES string of the molecule is CC(=NNc1c(Cl)cc(Cl)cc1Cl)c1ccc(C#N)cc1. The summed E-state index contributed by atoms with van der Waals surface area (Å²) in [5.41, 5.74) is 5.56. The van der Waals surface area contributed by atoms with Gasteiger partial charge in [-0.05, 0) is 36.8 Å². The van der Waals surface area contributed by atoms with Gasteiger partial charge in [0.2, 0.25) is 0 Å². The Balaban J connectivity index is 2.22. The van der Waals surface area contributed by atoms with Gasteiger partial charge in [-0.3, -0.25) is 5.43 Å². The van der Waals surface area contributed by atoms with Crippen LogP contribution in [0.4, 0.5) is 5.69 Å². The van der Waals surface area contributed by atoms with Crippen LogP contribution in [0.3, 0.4) is 0 Å². The molecule has 3 nitrogen and oxygen atoms in total. The second-order valence-corrected chi connectivity index (χ2v) is 5.49. The molecular weight excluding hydrogens is 329 g/mol. The van der Waals surface area contributed by atoms with Crippen LogP contribution in [-0.4, -0.2) is 5.71 Å². The molecule has 0 aromatic heterocycles. The van der Waals surface area contributed by atoms with Crippen molar-refractivity contribution in [1.82, 2.24) is 0 Å². The van der Waals surface area contributed by atoms with Crippen LogP contribution in [0.5, 0.6) is 0 Å². The van der Waals surface area contributed by atoms with Crippen molar-refractivity contribution in [3.05, 3.63) is 62.6 Å². The van der Waals surface area contributed by atoms with Crippen molar-refractivity contribution < 1.29 is 0 Å². The van der Waals surface area contributed by atoms with E-state index in [2.05, 4.69) is 16.6 Å². The van der Waals surface area contributed by atoms with Crippen LogP contribution < -0.4 is 5.43 Å². The number of anilines is 1. The van der Waals surface area contributed by atoms with Crippen LogP contribution in [0.15, 0.2) is 41.5 Å². The molecule has 1 N–H and O–H groups in total. The molecule has 0 saturated carbocycles. The first-order chi connectivity index (χ1) is 10.0. The molecule has 0 saturated heterocycles. The lowest BCUT2D eigenvalue weighted by Gasteiger charge is -2.08. The molecule has 0 fully saturated rings. The number of halogens is 3. The Bertz CT molecular complexity index is 708. The van der Waals surface area contributed by atoms with Gasteiger partial charge < -0.3 is 0 Å². The van der Waals surface area contributed by atoms with Gasteiger partial charge in [-0.15, -0.1) is 0 Å². The van der Waals surface area contributed by atoms with Crippen molar-refractivity contribution in [3.8, 4) is 6.07 Å². The van der Waals surface area contributed by atoms with Crippen molar-refractivity contribution in [2.24, 2.45) is 5.10 Å². The Hall–Kier alpha value is -1.73. The summed E-state index contributed by atoms with van der Waals surface area (Å²) in [6, 6.07) is 12.4. The standard InChI is InChI=1S/C15H10Cl3N3/c1-9(11-4-2-10(8-19)3-5-11)20-21-15-13(17)6-12(16)7-14(15)18/h2-7,21H,1H3. The van der Waals surface area contributed by atoms with Gasteiger partial charge in [-0.25, -0.2) is 0 Å². The Morgan fingerprint density at radius 3 is 2.19 bits per heavy atom. The van der Waals surface area contributed by atoms with Gasteiger partial charge >= 0.3 is 0 Å². The number of hydrogen-bond acceptors (Lipinski definition) is 3. The zero-order valence-corrected chi connectivity index (χ0v) is 13.3. The fourth-order valence-electron chi connectivity index (χ4n) is 1.64. The molecule has 106 valence electrons. The van der Waals surface area contributed by atoms with Crippen molar-refractivity contribution in [1.29, 1.82) is 5.26 Å². The highest BCUT2D eigenvalue weighted by molar-refractivity contribution is 6.41. The highest BCUT2D eigenvalue weighted by Gasteiger charge is 2.07. The van der Waals surface area contributed by atoms with Gasteiger partial charge in [0.25, 0.3) is 0 Å². The maximum absolute atomic E-state index is 8.77. The summed E-state index contributed by atoms with van der Waals surface area (Å²) in [4.78, 5) is 0. The number of nitrogens with one attached hydrogen (secondary N) is 1. The highest BCUT2D eigenvalue weighted by Crippen LogP contribution is 2.33. The van der Waals surface area contributed by atoms with E-state index < -0.39 is 0 Å². The number of hydrazone groups is 1. The molecule has 0 spiro atoms. The molecule has 0 amide bonds. The predicted molar refractivity (Wildman–Crippen MR) is 88.5 cm³/mol. The van der Waals surface area contributed by atoms with Gasteiger partial charge in [0, 0.05) is 5.02 Å². The smallest absolute Gasteiger partial charge is 0.0991 e. The van der Waals surface area contributed by atoms with Gasteiger partial charge in [-0.2, -0.15) is 10.4 Å². The van der Waals surface area contributed by atoms with Crippen molar-refractivity contribution >= 4 is 46.2 Å². The van der Waals surface area contributed by atoms with Crippen LogP contribution in [0.1, 0.15) is 18.1 Å². The van der Waals surface area contributed by atoms with E-state index in [0.29, 0.717) is 26.3 Å². The van der Waals surface area contributed by atoms with Crippen LogP contribution in [0, 0.1) is 11.3 Å². The lowest BCUT2D eigenvalue weighted by Crippen LogP contribution is -2.00. The van der Waals surface area contributed by atoms with E-state index in [4.69, 9.17) is 40.1 Å². The van der Waals surface area contributed by atoms with Gasteiger partial charge in [0.05, 0.1) is 33.1 Å². The lowest BCUT2D eigenvalue weighted by atomic mass is 10.1. The molecule has 0 atom stereocenters. The zero-order chi connectivity index (χ0) is 15.4. The Kier molecular flexibility index (Phi) is 5.08. The molecule has 0 aliphatic carbocycles. The molecule has 0 heterocycles. The normalized spacial score (nSPS) is 11.1. The van der Waals surface area contributed by atoms with E-state index in [1.807, 2.05) is 19.1 Å². The summed E-state index contributed by atoms with van der Waals surface area (Å²) in [6.07, 6.45) is 0. The zero-order valence-electron chi connectivity index (χ0n) is 11.0. The fourth-order valence-corrected chi connectivity index (χ4v) is 2.54. The molecule has 0 bridgehead atoms. The monoisotopic (exact) mass is 337 g/mol. The first-order valence-corrected chi connectivity index (χ1v) is 7.10. The number of nitrogens with zero attached hydrogens (tertiary/aromatic N) is 2. The van der Waals surface area contributed by atoms with Crippen LogP contribution >= 0.6 is 34.8 Å². The Morgan fingerprint density at radius 1 is 1.10 bits per heavy atom. The summed E-state index contributed by atoms with van der Waals surface area (Å²) in [5.74, 6) is 0. The third kappa shape index (κ3) is 3.89. The van der Waals surface area contributed by atoms with Crippen molar-refractivity contribution in [3.63, 3.8) is 0 Å². The lowest BCUT2D eigenvalue weighted by molar-refractivity contribution is 1.32. The Labute approximate surface area is 137 Å². The largest absolute Gasteiger partial charge is 0.275 e. The first kappa shape index (κ1) is 15.7. The average Bonchev–Trinajstić information content (AvgIpc) is 2.46. The summed E-state index contributed by atoms with van der Waals surface area (Å²) < 4.78 is 0. The maximum Gasteiger partial charge on any atom is 0.0991 e. The third-order valence-electron chi connectivity index (χ3n) is 2.77. The number of nitriles is 1. The molecule has 2 aromatic carbocycles. The minimum Gasteiger partial charge on any atom is -0.275 e. The fraction of sp³-hybridized carbons (Fsp3) is 0.0667. The summed E-state index contributed by atoms with van der Waals surface area (Å²) in [6.45, 7) is 1.84. The molecule has 0 unspecified atom stereocenters. The van der Waals surface area contributed by atoms with Crippen LogP contribution in [-0.2, 0) is 0 Å². The van der Waals surface area contributed by atoms with E-state index in [1.165, 1.54) is 0 Å². The number of rotatable bonds is 3. The molecule has 2 aromatic rings. The minimum atomic E-state index is 0.392. The van der Waals surface area contributed by atoms with Gasteiger partial charge in [0.1, 0.15) is 0 Å².